The molecule has 4 rings (SSSR count). The van der Waals surface area contributed by atoms with Gasteiger partial charge in [-0.05, 0) is 57.2 Å². The van der Waals surface area contributed by atoms with E-state index in [9.17, 15) is 19.2 Å². The number of rotatable bonds is 7. The first kappa shape index (κ1) is 36.9. The predicted octanol–water partition coefficient (Wildman–Crippen LogP) is 2.64. The Bertz CT molecular complexity index is 1610. The summed E-state index contributed by atoms with van der Waals surface area (Å²) in [6, 6.07) is 4.09. The van der Waals surface area contributed by atoms with Crippen LogP contribution in [0, 0.1) is 19.8 Å². The van der Waals surface area contributed by atoms with Gasteiger partial charge in [-0.1, -0.05) is 31.5 Å². The molecule has 0 radical (unpaired) electrons. The lowest BCUT2D eigenvalue weighted by Crippen LogP contribution is -2.51. The van der Waals surface area contributed by atoms with Crippen molar-refractivity contribution in [3.63, 3.8) is 0 Å². The first-order chi connectivity index (χ1) is 23.4. The third-order valence-electron chi connectivity index (χ3n) is 8.70. The van der Waals surface area contributed by atoms with Crippen molar-refractivity contribution in [1.82, 2.24) is 40.8 Å². The van der Waals surface area contributed by atoms with E-state index >= 15 is 0 Å². The summed E-state index contributed by atoms with van der Waals surface area (Å²) in [7, 11) is 3.12. The number of methoxy groups -OCH3 is 2. The Balaban J connectivity index is 1.61. The lowest BCUT2D eigenvalue weighted by molar-refractivity contribution is -0.130. The molecule has 1 aromatic carbocycles. The molecule has 1 aliphatic heterocycles. The summed E-state index contributed by atoms with van der Waals surface area (Å²) < 4.78 is 17.5. The molecule has 0 saturated carbocycles. The second kappa shape index (κ2) is 16.9. The van der Waals surface area contributed by atoms with Gasteiger partial charge in [-0.15, -0.1) is 0 Å². The molecule has 4 amide bonds. The molecule has 0 bridgehead atoms. The summed E-state index contributed by atoms with van der Waals surface area (Å²) in [6.07, 6.45) is 1.96. The van der Waals surface area contributed by atoms with E-state index in [0.717, 1.165) is 5.56 Å². The normalized spacial score (nSPS) is 19.1. The predicted molar refractivity (Wildman–Crippen MR) is 179 cm³/mol. The summed E-state index contributed by atoms with van der Waals surface area (Å²) in [4.78, 5) is 59.9. The fourth-order valence-corrected chi connectivity index (χ4v) is 5.78. The molecule has 3 aromatic rings. The van der Waals surface area contributed by atoms with Crippen LogP contribution >= 0.6 is 0 Å². The molecule has 3 atom stereocenters. The van der Waals surface area contributed by atoms with Crippen molar-refractivity contribution >= 4 is 23.6 Å². The zero-order valence-corrected chi connectivity index (χ0v) is 29.4. The smallest absolute Gasteiger partial charge is 0.259 e. The van der Waals surface area contributed by atoms with Gasteiger partial charge in [0.15, 0.2) is 17.3 Å². The Morgan fingerprint density at radius 1 is 1.06 bits per heavy atom. The Labute approximate surface area is 286 Å². The molecule has 15 nitrogen and oxygen atoms in total. The van der Waals surface area contributed by atoms with Crippen molar-refractivity contribution < 1.29 is 33.2 Å². The van der Waals surface area contributed by atoms with E-state index < -0.39 is 12.1 Å². The van der Waals surface area contributed by atoms with Crippen LogP contribution < -0.4 is 25.4 Å². The molecule has 0 unspecified atom stereocenters. The zero-order chi connectivity index (χ0) is 35.7. The van der Waals surface area contributed by atoms with Crippen LogP contribution in [0.5, 0.6) is 11.5 Å². The van der Waals surface area contributed by atoms with Gasteiger partial charge in [-0.25, -0.2) is 9.67 Å². The van der Waals surface area contributed by atoms with Gasteiger partial charge >= 0.3 is 0 Å². The third kappa shape index (κ3) is 9.36. The second-order valence-electron chi connectivity index (χ2n) is 12.4. The van der Waals surface area contributed by atoms with Crippen LogP contribution in [0.4, 0.5) is 0 Å². The van der Waals surface area contributed by atoms with Crippen LogP contribution in [-0.4, -0.2) is 88.3 Å². The van der Waals surface area contributed by atoms with E-state index in [4.69, 9.17) is 19.0 Å². The average Bonchev–Trinajstić information content (AvgIpc) is 3.63. The van der Waals surface area contributed by atoms with E-state index in [0.29, 0.717) is 85.5 Å². The van der Waals surface area contributed by atoms with Crippen LogP contribution in [0.1, 0.15) is 91.5 Å². The summed E-state index contributed by atoms with van der Waals surface area (Å²) >= 11 is 0. The molecule has 15 heteroatoms. The minimum absolute atomic E-state index is 0.117. The van der Waals surface area contributed by atoms with E-state index in [1.54, 1.807) is 46.0 Å². The van der Waals surface area contributed by atoms with Crippen LogP contribution in [0.15, 0.2) is 22.7 Å². The Hall–Kier alpha value is -4.95. The molecular formula is C34H48N8O7. The summed E-state index contributed by atoms with van der Waals surface area (Å²) in [6.45, 7) is 9.81. The highest BCUT2D eigenvalue weighted by molar-refractivity contribution is 5.96. The van der Waals surface area contributed by atoms with Gasteiger partial charge in [-0.2, -0.15) is 5.10 Å². The number of nitrogens with one attached hydrogen (secondary N) is 3. The Morgan fingerprint density at radius 2 is 1.80 bits per heavy atom. The highest BCUT2D eigenvalue weighted by Gasteiger charge is 2.30. The number of benzene rings is 1. The summed E-state index contributed by atoms with van der Waals surface area (Å²) in [5.41, 5.74) is 1.74. The largest absolute Gasteiger partial charge is 0.493 e. The topological polar surface area (TPSA) is 183 Å². The van der Waals surface area contributed by atoms with E-state index in [1.807, 2.05) is 26.0 Å². The van der Waals surface area contributed by atoms with Crippen molar-refractivity contribution in [2.45, 2.75) is 85.4 Å². The molecule has 3 heterocycles. The maximum absolute atomic E-state index is 13.6. The number of hydrogen-bond donors (Lipinski definition) is 3. The van der Waals surface area contributed by atoms with Gasteiger partial charge < -0.3 is 34.8 Å². The molecule has 266 valence electrons. The molecule has 0 aliphatic carbocycles. The number of carbonyl (C=O) groups excluding carboxylic acids is 4. The number of aryl methyl sites for hydroxylation is 2. The molecule has 3 N–H and O–H groups in total. The molecule has 0 spiro atoms. The molecule has 49 heavy (non-hydrogen) atoms. The van der Waals surface area contributed by atoms with Gasteiger partial charge in [-0.3, -0.25) is 19.2 Å². The Kier molecular flexibility index (Phi) is 12.7. The van der Waals surface area contributed by atoms with Gasteiger partial charge in [0.2, 0.25) is 17.7 Å². The fourth-order valence-electron chi connectivity index (χ4n) is 5.78. The number of amides is 4. The average molecular weight is 681 g/mol. The molecular weight excluding hydrogens is 632 g/mol. The monoisotopic (exact) mass is 680 g/mol. The maximum Gasteiger partial charge on any atom is 0.259 e. The van der Waals surface area contributed by atoms with Gasteiger partial charge in [0.1, 0.15) is 29.7 Å². The summed E-state index contributed by atoms with van der Waals surface area (Å²) in [5.74, 6) is 1.05. The fraction of sp³-hybridized carbons (Fsp3) is 0.559. The highest BCUT2D eigenvalue weighted by atomic mass is 16.5. The number of hydrogen-bond acceptors (Lipinski definition) is 10. The number of ether oxygens (including phenoxy) is 2. The molecule has 1 aliphatic rings. The lowest BCUT2D eigenvalue weighted by atomic mass is 9.97. The summed E-state index contributed by atoms with van der Waals surface area (Å²) in [5, 5.41) is 17.4. The van der Waals surface area contributed by atoms with Crippen molar-refractivity contribution in [3.8, 4) is 11.5 Å². The SMILES string of the molecule is CC[C@H](C)[C@@H]1NC(=O)CCCN(C(=O)c2c(C)noc2C)CCCNC(=O)Cn2nc(Cc3ccc(OC)c(OC)c3)nc2[C@@H](C)NC1=O. The molecule has 2 aromatic heterocycles. The standard InChI is InChI=1S/C34H48N8O7/c1-8-20(2)31-33(45)36-22(4)32-37-27(18-24-12-13-25(47-6)26(17-24)48-7)39-42(32)19-29(44)35-14-10-16-41(15-9-11-28(43)38-31)34(46)30-21(3)40-49-23(30)5/h12-13,17,20,22,31H,8-11,14-16,18-19H2,1-7H3,(H,35,44)(H,36,45)(H,38,43)/t20-,22+,31-/m0/s1. The van der Waals surface area contributed by atoms with Gasteiger partial charge in [0, 0.05) is 32.5 Å². The van der Waals surface area contributed by atoms with Gasteiger partial charge in [0.25, 0.3) is 5.91 Å². The van der Waals surface area contributed by atoms with Crippen LogP contribution in [-0.2, 0) is 27.3 Å². The molecule has 0 saturated heterocycles. The second-order valence-corrected chi connectivity index (χ2v) is 12.4. The first-order valence-electron chi connectivity index (χ1n) is 16.7. The van der Waals surface area contributed by atoms with E-state index in [-0.39, 0.29) is 42.5 Å². The van der Waals surface area contributed by atoms with E-state index in [2.05, 4.69) is 26.2 Å². The first-order valence-corrected chi connectivity index (χ1v) is 16.7. The number of aromatic nitrogens is 4. The molecule has 0 fully saturated rings. The van der Waals surface area contributed by atoms with Crippen molar-refractivity contribution in [3.05, 3.63) is 52.4 Å². The highest BCUT2D eigenvalue weighted by Crippen LogP contribution is 2.28. The maximum atomic E-state index is 13.6. The van der Waals surface area contributed by atoms with Crippen LogP contribution in [0.2, 0.25) is 0 Å². The zero-order valence-electron chi connectivity index (χ0n) is 29.4. The number of nitrogens with zero attached hydrogens (tertiary/aromatic N) is 5. The van der Waals surface area contributed by atoms with Crippen molar-refractivity contribution in [2.75, 3.05) is 33.9 Å². The minimum Gasteiger partial charge on any atom is -0.493 e. The van der Waals surface area contributed by atoms with Crippen molar-refractivity contribution in [1.29, 1.82) is 0 Å². The third-order valence-corrected chi connectivity index (χ3v) is 8.70. The van der Waals surface area contributed by atoms with Crippen molar-refractivity contribution in [2.24, 2.45) is 5.92 Å². The van der Waals surface area contributed by atoms with Crippen LogP contribution in [0.3, 0.4) is 0 Å². The Morgan fingerprint density at radius 3 is 2.47 bits per heavy atom. The van der Waals surface area contributed by atoms with Gasteiger partial charge in [0.05, 0.1) is 26.0 Å². The number of carbonyl (C=O) groups is 4. The quantitative estimate of drug-likeness (QED) is 0.336. The number of fused-ring (bicyclic) bond motifs is 1. The van der Waals surface area contributed by atoms with E-state index in [1.165, 1.54) is 4.68 Å². The minimum atomic E-state index is -0.801. The van der Waals surface area contributed by atoms with Crippen LogP contribution in [0.25, 0.3) is 0 Å². The lowest BCUT2D eigenvalue weighted by Gasteiger charge is -2.26.